The molecule has 0 radical (unpaired) electrons. The summed E-state index contributed by atoms with van der Waals surface area (Å²) in [5.74, 6) is -0.206. The fourth-order valence-electron chi connectivity index (χ4n) is 0.996. The molecule has 0 fully saturated rings. The first-order valence-electron chi connectivity index (χ1n) is 3.94. The molecule has 0 aromatic carbocycles. The van der Waals surface area contributed by atoms with Gasteiger partial charge in [-0.15, -0.1) is 0 Å². The fourth-order valence-corrected chi connectivity index (χ4v) is 0.996. The molecular weight excluding hydrogens is 150 g/mol. The molecule has 0 aromatic rings. The average molecular weight is 163 g/mol. The standard InChI is InChI=1S/C10H13NO/c1-10(2,3)7-4-5-9(12)8(11)6-7/h4-6,11H,1-3H3. The molecule has 0 heterocycles. The van der Waals surface area contributed by atoms with Crippen molar-refractivity contribution in [1.29, 1.82) is 5.41 Å². The van der Waals surface area contributed by atoms with Gasteiger partial charge in [-0.25, -0.2) is 0 Å². The Kier molecular flexibility index (Phi) is 2.01. The second kappa shape index (κ2) is 2.70. The van der Waals surface area contributed by atoms with E-state index in [4.69, 9.17) is 5.41 Å². The summed E-state index contributed by atoms with van der Waals surface area (Å²) >= 11 is 0. The van der Waals surface area contributed by atoms with Crippen LogP contribution in [0.5, 0.6) is 0 Å². The predicted molar refractivity (Wildman–Crippen MR) is 49.4 cm³/mol. The van der Waals surface area contributed by atoms with Crippen LogP contribution >= 0.6 is 0 Å². The smallest absolute Gasteiger partial charge is 0.203 e. The largest absolute Gasteiger partial charge is 0.297 e. The Hall–Kier alpha value is -1.18. The molecule has 0 saturated heterocycles. The Labute approximate surface area is 72.5 Å². The summed E-state index contributed by atoms with van der Waals surface area (Å²) in [7, 11) is 0. The Morgan fingerprint density at radius 3 is 2.25 bits per heavy atom. The van der Waals surface area contributed by atoms with E-state index in [0.717, 1.165) is 5.57 Å². The highest BCUT2D eigenvalue weighted by Crippen LogP contribution is 2.27. The van der Waals surface area contributed by atoms with Gasteiger partial charge < -0.3 is 0 Å². The maximum absolute atomic E-state index is 10.9. The van der Waals surface area contributed by atoms with Crippen molar-refractivity contribution in [1.82, 2.24) is 0 Å². The van der Waals surface area contributed by atoms with Crippen LogP contribution in [0.25, 0.3) is 0 Å². The number of hydrogen-bond acceptors (Lipinski definition) is 2. The van der Waals surface area contributed by atoms with Crippen molar-refractivity contribution in [2.45, 2.75) is 20.8 Å². The topological polar surface area (TPSA) is 40.9 Å². The number of rotatable bonds is 0. The van der Waals surface area contributed by atoms with Crippen LogP contribution in [0.3, 0.4) is 0 Å². The molecule has 2 heteroatoms. The monoisotopic (exact) mass is 163 g/mol. The zero-order valence-corrected chi connectivity index (χ0v) is 7.64. The molecule has 2 nitrogen and oxygen atoms in total. The van der Waals surface area contributed by atoms with E-state index in [1.165, 1.54) is 6.08 Å². The van der Waals surface area contributed by atoms with E-state index in [1.54, 1.807) is 12.2 Å². The minimum absolute atomic E-state index is 0.0174. The highest BCUT2D eigenvalue weighted by atomic mass is 16.1. The van der Waals surface area contributed by atoms with E-state index >= 15 is 0 Å². The van der Waals surface area contributed by atoms with Crippen molar-refractivity contribution in [3.05, 3.63) is 23.8 Å². The molecule has 64 valence electrons. The van der Waals surface area contributed by atoms with Gasteiger partial charge in [0, 0.05) is 0 Å². The molecule has 1 aliphatic rings. The van der Waals surface area contributed by atoms with Gasteiger partial charge in [0.2, 0.25) is 5.78 Å². The molecule has 0 unspecified atom stereocenters. The van der Waals surface area contributed by atoms with Gasteiger partial charge in [0.05, 0.1) is 0 Å². The SMILES string of the molecule is CC(C)(C)C1=CC(=N)C(=O)C=C1. The summed E-state index contributed by atoms with van der Waals surface area (Å²) in [4.78, 5) is 10.9. The van der Waals surface area contributed by atoms with Gasteiger partial charge in [-0.3, -0.25) is 10.2 Å². The summed E-state index contributed by atoms with van der Waals surface area (Å²) in [5, 5.41) is 7.33. The number of ketones is 1. The number of carbonyl (C=O) groups excluding carboxylic acids is 1. The van der Waals surface area contributed by atoms with E-state index in [9.17, 15) is 4.79 Å². The number of allylic oxidation sites excluding steroid dienone is 4. The van der Waals surface area contributed by atoms with Crippen molar-refractivity contribution in [2.24, 2.45) is 5.41 Å². The lowest BCUT2D eigenvalue weighted by molar-refractivity contribution is -0.108. The zero-order chi connectivity index (χ0) is 9.35. The van der Waals surface area contributed by atoms with Gasteiger partial charge in [-0.2, -0.15) is 0 Å². The van der Waals surface area contributed by atoms with Crippen LogP contribution in [-0.2, 0) is 4.79 Å². The highest BCUT2D eigenvalue weighted by Gasteiger charge is 2.19. The lowest BCUT2D eigenvalue weighted by Crippen LogP contribution is -2.17. The molecule has 0 aliphatic heterocycles. The minimum Gasteiger partial charge on any atom is -0.297 e. The van der Waals surface area contributed by atoms with Gasteiger partial charge in [0.25, 0.3) is 0 Å². The summed E-state index contributed by atoms with van der Waals surface area (Å²) in [6, 6.07) is 0. The van der Waals surface area contributed by atoms with Crippen molar-refractivity contribution in [2.75, 3.05) is 0 Å². The normalized spacial score (nSPS) is 18.1. The molecule has 1 rings (SSSR count). The molecule has 1 aliphatic carbocycles. The first-order valence-corrected chi connectivity index (χ1v) is 3.94. The quantitative estimate of drug-likeness (QED) is 0.546. The summed E-state index contributed by atoms with van der Waals surface area (Å²) in [6.07, 6.45) is 4.89. The summed E-state index contributed by atoms with van der Waals surface area (Å²) < 4.78 is 0. The van der Waals surface area contributed by atoms with Crippen LogP contribution < -0.4 is 0 Å². The predicted octanol–water partition coefficient (Wildman–Crippen LogP) is 2.12. The number of carbonyl (C=O) groups is 1. The third-order valence-corrected chi connectivity index (χ3v) is 1.85. The van der Waals surface area contributed by atoms with Crippen LogP contribution in [0, 0.1) is 10.8 Å². The lowest BCUT2D eigenvalue weighted by atomic mass is 9.83. The first-order chi connectivity index (χ1) is 5.41. The molecular formula is C10H13NO. The molecule has 1 N–H and O–H groups in total. The molecule has 0 atom stereocenters. The maximum atomic E-state index is 10.9. The molecule has 0 aromatic heterocycles. The molecule has 0 bridgehead atoms. The van der Waals surface area contributed by atoms with Crippen LogP contribution in [0.2, 0.25) is 0 Å². The van der Waals surface area contributed by atoms with Crippen molar-refractivity contribution in [3.63, 3.8) is 0 Å². The van der Waals surface area contributed by atoms with Crippen molar-refractivity contribution >= 4 is 11.5 Å². The van der Waals surface area contributed by atoms with Gasteiger partial charge in [-0.05, 0) is 23.1 Å². The van der Waals surface area contributed by atoms with Crippen LogP contribution in [0.15, 0.2) is 23.8 Å². The lowest BCUT2D eigenvalue weighted by Gasteiger charge is -2.21. The molecule has 12 heavy (non-hydrogen) atoms. The van der Waals surface area contributed by atoms with E-state index < -0.39 is 0 Å². The minimum atomic E-state index is -0.206. The van der Waals surface area contributed by atoms with E-state index in [0.29, 0.717) is 0 Å². The van der Waals surface area contributed by atoms with Gasteiger partial charge in [0.1, 0.15) is 5.71 Å². The summed E-state index contributed by atoms with van der Waals surface area (Å²) in [6.45, 7) is 6.19. The first kappa shape index (κ1) is 8.91. The van der Waals surface area contributed by atoms with E-state index in [-0.39, 0.29) is 16.9 Å². The number of hydrogen-bond donors (Lipinski definition) is 1. The molecule has 0 saturated carbocycles. The Morgan fingerprint density at radius 2 is 1.83 bits per heavy atom. The van der Waals surface area contributed by atoms with Gasteiger partial charge >= 0.3 is 0 Å². The second-order valence-electron chi connectivity index (χ2n) is 3.96. The van der Waals surface area contributed by atoms with Crippen molar-refractivity contribution in [3.8, 4) is 0 Å². The number of nitrogens with one attached hydrogen (secondary N) is 1. The Balaban J connectivity index is 2.99. The van der Waals surface area contributed by atoms with Gasteiger partial charge in [-0.1, -0.05) is 26.8 Å². The van der Waals surface area contributed by atoms with E-state index in [2.05, 4.69) is 20.8 Å². The Morgan fingerprint density at radius 1 is 1.25 bits per heavy atom. The zero-order valence-electron chi connectivity index (χ0n) is 7.64. The summed E-state index contributed by atoms with van der Waals surface area (Å²) in [5.41, 5.74) is 1.14. The third kappa shape index (κ3) is 1.70. The van der Waals surface area contributed by atoms with Crippen LogP contribution in [-0.4, -0.2) is 11.5 Å². The highest BCUT2D eigenvalue weighted by molar-refractivity contribution is 6.47. The third-order valence-electron chi connectivity index (χ3n) is 1.85. The van der Waals surface area contributed by atoms with E-state index in [1.807, 2.05) is 0 Å². The molecule has 0 spiro atoms. The van der Waals surface area contributed by atoms with Crippen molar-refractivity contribution < 1.29 is 4.79 Å². The Bertz CT molecular complexity index is 289. The van der Waals surface area contributed by atoms with Crippen LogP contribution in [0.1, 0.15) is 20.8 Å². The molecule has 0 amide bonds. The fraction of sp³-hybridized carbons (Fsp3) is 0.400. The average Bonchev–Trinajstić information content (AvgIpc) is 1.92. The van der Waals surface area contributed by atoms with Crippen LogP contribution in [0.4, 0.5) is 0 Å². The van der Waals surface area contributed by atoms with Gasteiger partial charge in [0.15, 0.2) is 0 Å². The maximum Gasteiger partial charge on any atom is 0.203 e. The second-order valence-corrected chi connectivity index (χ2v) is 3.96.